The lowest BCUT2D eigenvalue weighted by atomic mass is 10.2. The molecule has 0 radical (unpaired) electrons. The molecule has 0 bridgehead atoms. The Labute approximate surface area is 162 Å². The second-order valence-corrected chi connectivity index (χ2v) is 8.20. The Hall–Kier alpha value is -2.55. The summed E-state index contributed by atoms with van der Waals surface area (Å²) in [4.78, 5) is 13.4. The fourth-order valence-electron chi connectivity index (χ4n) is 2.54. The molecule has 0 fully saturated rings. The molecule has 1 N–H and O–H groups in total. The Morgan fingerprint density at radius 3 is 2.43 bits per heavy atom. The number of halogens is 3. The quantitative estimate of drug-likeness (QED) is 0.773. The monoisotopic (exact) mass is 414 g/mol. The van der Waals surface area contributed by atoms with Crippen LogP contribution in [0.15, 0.2) is 47.4 Å². The number of sulfonamides is 1. The van der Waals surface area contributed by atoms with Crippen LogP contribution in [-0.4, -0.2) is 39.0 Å². The van der Waals surface area contributed by atoms with Crippen LogP contribution in [0.3, 0.4) is 0 Å². The Morgan fingerprint density at radius 2 is 1.79 bits per heavy atom. The lowest BCUT2D eigenvalue weighted by molar-refractivity contribution is -0.136. The van der Waals surface area contributed by atoms with Crippen molar-refractivity contribution in [1.29, 1.82) is 0 Å². The van der Waals surface area contributed by atoms with E-state index in [-0.39, 0.29) is 16.1 Å². The second-order valence-electron chi connectivity index (χ2n) is 6.55. The van der Waals surface area contributed by atoms with Gasteiger partial charge in [-0.2, -0.15) is 13.2 Å². The summed E-state index contributed by atoms with van der Waals surface area (Å²) in [6, 6.07) is 10.7. The topological polar surface area (TPSA) is 66.5 Å². The molecule has 0 spiro atoms. The summed E-state index contributed by atoms with van der Waals surface area (Å²) in [6.07, 6.45) is -5.48. The first-order chi connectivity index (χ1) is 12.9. The second kappa shape index (κ2) is 8.22. The van der Waals surface area contributed by atoms with Crippen LogP contribution in [0.25, 0.3) is 0 Å². The highest BCUT2D eigenvalue weighted by molar-refractivity contribution is 7.92. The molecule has 0 saturated carbocycles. The number of hydrogen-bond acceptors (Lipinski definition) is 3. The zero-order chi connectivity index (χ0) is 21.1. The van der Waals surface area contributed by atoms with Gasteiger partial charge in [0.2, 0.25) is 0 Å². The van der Waals surface area contributed by atoms with E-state index in [1.54, 1.807) is 26.0 Å². The summed E-state index contributed by atoms with van der Waals surface area (Å²) in [7, 11) is -2.62. The molecule has 0 saturated heterocycles. The molecular weight excluding hydrogens is 393 g/mol. The maximum atomic E-state index is 12.7. The van der Waals surface area contributed by atoms with Gasteiger partial charge in [-0.1, -0.05) is 18.2 Å². The van der Waals surface area contributed by atoms with Gasteiger partial charge in [0.1, 0.15) is 0 Å². The highest BCUT2D eigenvalue weighted by Gasteiger charge is 2.28. The Balaban J connectivity index is 2.21. The fraction of sp³-hybridized carbons (Fsp3) is 0.316. The molecule has 1 amide bonds. The van der Waals surface area contributed by atoms with Gasteiger partial charge in [0.05, 0.1) is 11.3 Å². The average molecular weight is 414 g/mol. The van der Waals surface area contributed by atoms with E-state index in [1.807, 2.05) is 0 Å². The predicted molar refractivity (Wildman–Crippen MR) is 101 cm³/mol. The standard InChI is InChI=1S/C19H21F3N2O3S/c1-13-7-8-14(2)17(11-13)28(26,27)23-16-6-4-5-15(12-16)18(25)24(3)10-9-19(20,21)22/h4-8,11-12,23H,9-10H2,1-3H3. The van der Waals surface area contributed by atoms with Crippen molar-refractivity contribution in [2.24, 2.45) is 0 Å². The number of nitrogens with zero attached hydrogens (tertiary/aromatic N) is 1. The van der Waals surface area contributed by atoms with Crippen molar-refractivity contribution < 1.29 is 26.4 Å². The van der Waals surface area contributed by atoms with E-state index in [2.05, 4.69) is 4.72 Å². The summed E-state index contributed by atoms with van der Waals surface area (Å²) in [5, 5.41) is 0. The molecular formula is C19H21F3N2O3S. The number of benzene rings is 2. The minimum atomic E-state index is -4.36. The van der Waals surface area contributed by atoms with E-state index >= 15 is 0 Å². The van der Waals surface area contributed by atoms with Gasteiger partial charge in [-0.25, -0.2) is 8.42 Å². The summed E-state index contributed by atoms with van der Waals surface area (Å²) in [6.45, 7) is 2.96. The van der Waals surface area contributed by atoms with Crippen LogP contribution in [0.1, 0.15) is 27.9 Å². The SMILES string of the molecule is Cc1ccc(C)c(S(=O)(=O)Nc2cccc(C(=O)N(C)CCC(F)(F)F)c2)c1. The van der Waals surface area contributed by atoms with Crippen molar-refractivity contribution in [3.63, 3.8) is 0 Å². The normalized spacial score (nSPS) is 11.9. The van der Waals surface area contributed by atoms with E-state index in [1.165, 1.54) is 37.4 Å². The lowest BCUT2D eigenvalue weighted by Crippen LogP contribution is -2.30. The third-order valence-corrected chi connectivity index (χ3v) is 5.60. The first kappa shape index (κ1) is 21.7. The zero-order valence-electron chi connectivity index (χ0n) is 15.7. The van der Waals surface area contributed by atoms with Gasteiger partial charge >= 0.3 is 6.18 Å². The van der Waals surface area contributed by atoms with Crippen LogP contribution in [0.4, 0.5) is 18.9 Å². The van der Waals surface area contributed by atoms with Crippen molar-refractivity contribution in [1.82, 2.24) is 4.90 Å². The van der Waals surface area contributed by atoms with Crippen molar-refractivity contribution >= 4 is 21.6 Å². The Kier molecular flexibility index (Phi) is 6.38. The maximum Gasteiger partial charge on any atom is 0.390 e. The molecule has 0 heterocycles. The van der Waals surface area contributed by atoms with E-state index in [4.69, 9.17) is 0 Å². The van der Waals surface area contributed by atoms with Crippen molar-refractivity contribution in [2.45, 2.75) is 31.3 Å². The highest BCUT2D eigenvalue weighted by Crippen LogP contribution is 2.23. The molecule has 0 aromatic heterocycles. The third-order valence-electron chi connectivity index (χ3n) is 4.07. The van der Waals surface area contributed by atoms with Crippen LogP contribution in [0.5, 0.6) is 0 Å². The largest absolute Gasteiger partial charge is 0.390 e. The van der Waals surface area contributed by atoms with E-state index < -0.39 is 35.1 Å². The minimum absolute atomic E-state index is 0.0887. The highest BCUT2D eigenvalue weighted by atomic mass is 32.2. The average Bonchev–Trinajstić information content (AvgIpc) is 2.60. The lowest BCUT2D eigenvalue weighted by Gasteiger charge is -2.18. The number of alkyl halides is 3. The Morgan fingerprint density at radius 1 is 1.11 bits per heavy atom. The summed E-state index contributed by atoms with van der Waals surface area (Å²) in [5.74, 6) is -0.628. The molecule has 5 nitrogen and oxygen atoms in total. The van der Waals surface area contributed by atoms with Crippen LogP contribution in [-0.2, 0) is 10.0 Å². The van der Waals surface area contributed by atoms with Crippen LogP contribution >= 0.6 is 0 Å². The molecule has 0 aliphatic rings. The van der Waals surface area contributed by atoms with Gasteiger partial charge in [-0.15, -0.1) is 0 Å². The van der Waals surface area contributed by atoms with Crippen molar-refractivity contribution in [2.75, 3.05) is 18.3 Å². The number of carbonyl (C=O) groups excluding carboxylic acids is 1. The van der Waals surface area contributed by atoms with Crippen LogP contribution < -0.4 is 4.72 Å². The molecule has 0 aliphatic heterocycles. The maximum absolute atomic E-state index is 12.7. The van der Waals surface area contributed by atoms with Gasteiger partial charge in [-0.05, 0) is 49.2 Å². The number of anilines is 1. The molecule has 152 valence electrons. The van der Waals surface area contributed by atoms with Crippen LogP contribution in [0.2, 0.25) is 0 Å². The van der Waals surface area contributed by atoms with Crippen molar-refractivity contribution in [3.05, 3.63) is 59.2 Å². The number of rotatable bonds is 6. The smallest absolute Gasteiger partial charge is 0.341 e. The molecule has 2 aromatic rings. The summed E-state index contributed by atoms with van der Waals surface area (Å²) in [5.41, 5.74) is 1.58. The van der Waals surface area contributed by atoms with Gasteiger partial charge in [0.15, 0.2) is 0 Å². The number of nitrogens with one attached hydrogen (secondary N) is 1. The van der Waals surface area contributed by atoms with E-state index in [0.29, 0.717) is 5.56 Å². The third kappa shape index (κ3) is 5.72. The molecule has 2 aromatic carbocycles. The zero-order valence-corrected chi connectivity index (χ0v) is 16.5. The molecule has 0 atom stereocenters. The van der Waals surface area contributed by atoms with Gasteiger partial charge in [0.25, 0.3) is 15.9 Å². The van der Waals surface area contributed by atoms with Gasteiger partial charge in [-0.3, -0.25) is 9.52 Å². The number of hydrogen-bond donors (Lipinski definition) is 1. The van der Waals surface area contributed by atoms with Crippen LogP contribution in [0, 0.1) is 13.8 Å². The molecule has 28 heavy (non-hydrogen) atoms. The molecule has 9 heteroatoms. The van der Waals surface area contributed by atoms with Gasteiger partial charge < -0.3 is 4.90 Å². The molecule has 0 aliphatic carbocycles. The number of carbonyl (C=O) groups is 1. The first-order valence-electron chi connectivity index (χ1n) is 8.41. The van der Waals surface area contributed by atoms with Crippen molar-refractivity contribution in [3.8, 4) is 0 Å². The number of aryl methyl sites for hydroxylation is 2. The molecule has 2 rings (SSSR count). The molecule has 0 unspecified atom stereocenters. The van der Waals surface area contributed by atoms with Gasteiger partial charge in [0, 0.05) is 24.8 Å². The minimum Gasteiger partial charge on any atom is -0.341 e. The Bertz CT molecular complexity index is 973. The predicted octanol–water partition coefficient (Wildman–Crippen LogP) is 4.13. The van der Waals surface area contributed by atoms with E-state index in [0.717, 1.165) is 10.5 Å². The van der Waals surface area contributed by atoms with E-state index in [9.17, 15) is 26.4 Å². The number of amides is 1. The fourth-order valence-corrected chi connectivity index (χ4v) is 3.92. The summed E-state index contributed by atoms with van der Waals surface area (Å²) >= 11 is 0. The summed E-state index contributed by atoms with van der Waals surface area (Å²) < 4.78 is 64.8. The first-order valence-corrected chi connectivity index (χ1v) is 9.90.